The van der Waals surface area contributed by atoms with Crippen LogP contribution in [0.1, 0.15) is 127 Å². The van der Waals surface area contributed by atoms with Crippen molar-refractivity contribution in [3.05, 3.63) is 42.4 Å². The summed E-state index contributed by atoms with van der Waals surface area (Å²) in [5.41, 5.74) is -0.797. The normalized spacial score (nSPS) is 20.6. The quantitative estimate of drug-likeness (QED) is 0.176. The molecule has 3 unspecified atom stereocenters. The van der Waals surface area contributed by atoms with E-state index < -0.39 is 82.5 Å². The maximum atomic E-state index is 14.8. The maximum absolute atomic E-state index is 14.8. The minimum absolute atomic E-state index is 0.0409. The lowest BCUT2D eigenvalue weighted by Gasteiger charge is -2.36. The molecule has 1 N–H and O–H groups in total. The molecular weight excluding hydrogens is 745 g/mol. The fourth-order valence-electron chi connectivity index (χ4n) is 7.96. The van der Waals surface area contributed by atoms with Gasteiger partial charge >= 0.3 is 6.18 Å². The number of hydrogen-bond acceptors (Lipinski definition) is 11. The first-order chi connectivity index (χ1) is 27.0. The Labute approximate surface area is 330 Å². The number of aromatic nitrogens is 4. The van der Waals surface area contributed by atoms with E-state index in [4.69, 9.17) is 4.74 Å². The predicted molar refractivity (Wildman–Crippen MR) is 199 cm³/mol. The summed E-state index contributed by atoms with van der Waals surface area (Å²) in [7, 11) is 0. The second-order valence-electron chi connectivity index (χ2n) is 16.8. The number of carbonyl (C=O) groups is 6. The van der Waals surface area contributed by atoms with Crippen LogP contribution in [0.5, 0.6) is 5.88 Å². The first kappa shape index (κ1) is 43.5. The van der Waals surface area contributed by atoms with Gasteiger partial charge in [-0.1, -0.05) is 53.4 Å². The van der Waals surface area contributed by atoms with Gasteiger partial charge in [-0.3, -0.25) is 33.8 Å². The average Bonchev–Trinajstić information content (AvgIpc) is 3.90. The minimum Gasteiger partial charge on any atom is -0.472 e. The summed E-state index contributed by atoms with van der Waals surface area (Å²) in [5.74, 6) is -6.80. The highest BCUT2D eigenvalue weighted by molar-refractivity contribution is 6.38. The molecule has 3 fully saturated rings. The molecule has 1 saturated heterocycles. The largest absolute Gasteiger partial charge is 0.472 e. The average molecular weight is 799 g/mol. The molecule has 2 aromatic rings. The number of amides is 2. The van der Waals surface area contributed by atoms with Gasteiger partial charge in [-0.2, -0.15) is 18.2 Å². The number of hydrogen-bond donors (Lipinski definition) is 1. The summed E-state index contributed by atoms with van der Waals surface area (Å²) in [6.45, 7) is 6.99. The molecule has 0 radical (unpaired) electrons. The smallest absolute Gasteiger partial charge is 0.451 e. The molecule has 0 bridgehead atoms. The number of Topliss-reactive ketones (excluding diaryl/α,β-unsaturated/α-hetero) is 4. The Bertz CT molecular complexity index is 1780. The van der Waals surface area contributed by atoms with E-state index in [9.17, 15) is 41.9 Å². The minimum atomic E-state index is -4.84. The van der Waals surface area contributed by atoms with Crippen LogP contribution in [0, 0.1) is 29.1 Å². The highest BCUT2D eigenvalue weighted by Crippen LogP contribution is 2.38. The van der Waals surface area contributed by atoms with Crippen molar-refractivity contribution in [2.24, 2.45) is 29.1 Å². The Morgan fingerprint density at radius 2 is 1.67 bits per heavy atom. The Hall–Kier alpha value is -4.63. The second kappa shape index (κ2) is 18.8. The number of nitrogens with one attached hydrogen (secondary N) is 1. The standard InChI is InChI=1S/C41H53F3N6O7/c1-5-9-26(36(54)33(53)18-24-12-13-24)19-31(51)30-20-27(57-34-14-15-47-39(48-34)41(42,43)44)23-50(30)38(56)28(40(2,3)4)21-32(52)35(25-10-7-6-8-11-25)49-37(55)29-22-45-16-17-46-29/h14-17,22,24-28,30,35H,5-13,18-21,23H2,1-4H3,(H,49,55)/t26?,27-,28?,30+,35?/m0/s1. The number of rotatable bonds is 18. The number of halogens is 3. The fourth-order valence-corrected chi connectivity index (χ4v) is 7.96. The number of likely N-dealkylation sites (tertiary alicyclic amines) is 1. The third kappa shape index (κ3) is 11.7. The SMILES string of the molecule is CCCC(CC(=O)[C@H]1C[C@H](Oc2ccnc(C(F)(F)F)n2)CN1C(=O)C(CC(=O)C(NC(=O)c1cnccn1)C1CCCCC1)C(C)(C)C)C(=O)C(=O)CC1CC1. The molecule has 3 heterocycles. The van der Waals surface area contributed by atoms with Gasteiger partial charge in [0.2, 0.25) is 23.4 Å². The van der Waals surface area contributed by atoms with Gasteiger partial charge in [0.25, 0.3) is 5.91 Å². The Morgan fingerprint density at radius 3 is 2.28 bits per heavy atom. The van der Waals surface area contributed by atoms with E-state index in [0.717, 1.165) is 44.4 Å². The molecule has 0 spiro atoms. The van der Waals surface area contributed by atoms with Crippen molar-refractivity contribution in [3.63, 3.8) is 0 Å². The summed E-state index contributed by atoms with van der Waals surface area (Å²) < 4.78 is 46.2. The Morgan fingerprint density at radius 1 is 0.947 bits per heavy atom. The van der Waals surface area contributed by atoms with Crippen molar-refractivity contribution in [1.29, 1.82) is 0 Å². The van der Waals surface area contributed by atoms with Crippen LogP contribution < -0.4 is 10.1 Å². The number of nitrogens with zero attached hydrogens (tertiary/aromatic N) is 5. The van der Waals surface area contributed by atoms with Crippen LogP contribution in [-0.2, 0) is 30.1 Å². The molecule has 2 amide bonds. The molecule has 0 aromatic carbocycles. The fraction of sp³-hybridized carbons (Fsp3) is 0.659. The molecule has 5 rings (SSSR count). The lowest BCUT2D eigenvalue weighted by atomic mass is 9.74. The van der Waals surface area contributed by atoms with E-state index in [2.05, 4.69) is 25.3 Å². The summed E-state index contributed by atoms with van der Waals surface area (Å²) >= 11 is 0. The zero-order valence-corrected chi connectivity index (χ0v) is 33.1. The van der Waals surface area contributed by atoms with Gasteiger partial charge in [0.15, 0.2) is 17.3 Å². The number of ether oxygens (including phenoxy) is 1. The molecular formula is C41H53F3N6O7. The lowest BCUT2D eigenvalue weighted by Crippen LogP contribution is -2.51. The first-order valence-electron chi connectivity index (χ1n) is 20.0. The van der Waals surface area contributed by atoms with E-state index in [1.54, 1.807) is 20.8 Å². The summed E-state index contributed by atoms with van der Waals surface area (Å²) in [4.78, 5) is 99.0. The molecule has 13 nitrogen and oxygen atoms in total. The molecule has 5 atom stereocenters. The van der Waals surface area contributed by atoms with Crippen LogP contribution in [0.4, 0.5) is 13.2 Å². The van der Waals surface area contributed by atoms with E-state index in [1.165, 1.54) is 23.5 Å². The van der Waals surface area contributed by atoms with Crippen molar-refractivity contribution in [1.82, 2.24) is 30.2 Å². The molecule has 2 aromatic heterocycles. The van der Waals surface area contributed by atoms with Gasteiger partial charge in [-0.15, -0.1) is 0 Å². The molecule has 1 aliphatic heterocycles. The molecule has 2 saturated carbocycles. The van der Waals surface area contributed by atoms with Crippen LogP contribution >= 0.6 is 0 Å². The van der Waals surface area contributed by atoms with Crippen molar-refractivity contribution < 1.29 is 46.7 Å². The number of ketones is 4. The molecule has 3 aliphatic rings. The third-order valence-corrected chi connectivity index (χ3v) is 11.3. The Kier molecular flexibility index (Phi) is 14.3. The van der Waals surface area contributed by atoms with Crippen molar-refractivity contribution >= 4 is 34.9 Å². The van der Waals surface area contributed by atoms with Crippen LogP contribution in [-0.4, -0.2) is 84.5 Å². The molecule has 16 heteroatoms. The van der Waals surface area contributed by atoms with Crippen LogP contribution in [0.2, 0.25) is 0 Å². The van der Waals surface area contributed by atoms with Crippen LogP contribution in [0.15, 0.2) is 30.9 Å². The predicted octanol–water partition coefficient (Wildman–Crippen LogP) is 5.95. The summed E-state index contributed by atoms with van der Waals surface area (Å²) in [5, 5.41) is 2.87. The summed E-state index contributed by atoms with van der Waals surface area (Å²) in [6.07, 6.45) is 5.32. The van der Waals surface area contributed by atoms with Crippen molar-refractivity contribution in [2.75, 3.05) is 6.54 Å². The monoisotopic (exact) mass is 798 g/mol. The van der Waals surface area contributed by atoms with E-state index in [0.29, 0.717) is 19.3 Å². The zero-order chi connectivity index (χ0) is 41.5. The number of alkyl halides is 3. The van der Waals surface area contributed by atoms with Gasteiger partial charge < -0.3 is 15.0 Å². The van der Waals surface area contributed by atoms with Crippen LogP contribution in [0.25, 0.3) is 0 Å². The van der Waals surface area contributed by atoms with Gasteiger partial charge in [0, 0.05) is 62.2 Å². The lowest BCUT2D eigenvalue weighted by molar-refractivity contribution is -0.147. The van der Waals surface area contributed by atoms with E-state index >= 15 is 0 Å². The van der Waals surface area contributed by atoms with Gasteiger partial charge in [-0.05, 0) is 49.4 Å². The Balaban J connectivity index is 1.42. The molecule has 57 heavy (non-hydrogen) atoms. The number of carbonyl (C=O) groups excluding carboxylic acids is 6. The topological polar surface area (TPSA) is 178 Å². The van der Waals surface area contributed by atoms with Crippen molar-refractivity contribution in [3.8, 4) is 5.88 Å². The van der Waals surface area contributed by atoms with E-state index in [1.807, 2.05) is 6.92 Å². The maximum Gasteiger partial charge on any atom is 0.451 e. The first-order valence-corrected chi connectivity index (χ1v) is 20.0. The third-order valence-electron chi connectivity index (χ3n) is 11.3. The zero-order valence-electron chi connectivity index (χ0n) is 33.1. The van der Waals surface area contributed by atoms with E-state index in [-0.39, 0.29) is 62.0 Å². The second-order valence-corrected chi connectivity index (χ2v) is 16.8. The summed E-state index contributed by atoms with van der Waals surface area (Å²) in [6, 6.07) is -0.934. The van der Waals surface area contributed by atoms with Crippen molar-refractivity contribution in [2.45, 2.75) is 136 Å². The van der Waals surface area contributed by atoms with Gasteiger partial charge in [0.1, 0.15) is 11.8 Å². The van der Waals surface area contributed by atoms with Gasteiger partial charge in [-0.25, -0.2) is 9.97 Å². The highest BCUT2D eigenvalue weighted by Gasteiger charge is 2.47. The highest BCUT2D eigenvalue weighted by atomic mass is 19.4. The van der Waals surface area contributed by atoms with Gasteiger partial charge in [0.05, 0.1) is 24.8 Å². The van der Waals surface area contributed by atoms with Crippen LogP contribution in [0.3, 0.4) is 0 Å². The molecule has 310 valence electrons. The molecule has 2 aliphatic carbocycles.